The van der Waals surface area contributed by atoms with Crippen LogP contribution in [0, 0.1) is 5.92 Å². The highest BCUT2D eigenvalue weighted by atomic mass is 32.2. The van der Waals surface area contributed by atoms with Crippen molar-refractivity contribution < 1.29 is 9.53 Å². The van der Waals surface area contributed by atoms with Crippen molar-refractivity contribution in [1.82, 2.24) is 19.6 Å². The first kappa shape index (κ1) is 18.9. The van der Waals surface area contributed by atoms with Gasteiger partial charge in [-0.3, -0.25) is 4.79 Å². The lowest BCUT2D eigenvalue weighted by molar-refractivity contribution is 0.0962. The Balaban J connectivity index is 1.58. The summed E-state index contributed by atoms with van der Waals surface area (Å²) in [5, 5.41) is 5.21. The maximum Gasteiger partial charge on any atom is 0.253 e. The van der Waals surface area contributed by atoms with Crippen LogP contribution in [0.2, 0.25) is 0 Å². The van der Waals surface area contributed by atoms with Gasteiger partial charge in [0, 0.05) is 18.4 Å². The molecule has 6 nitrogen and oxygen atoms in total. The fourth-order valence-electron chi connectivity index (χ4n) is 3.42. The zero-order valence-electron chi connectivity index (χ0n) is 16.4. The van der Waals surface area contributed by atoms with E-state index in [9.17, 15) is 4.79 Å². The summed E-state index contributed by atoms with van der Waals surface area (Å²) in [5.74, 6) is 3.25. The van der Waals surface area contributed by atoms with Gasteiger partial charge in [0.05, 0.1) is 18.4 Å². The number of carbonyl (C=O) groups is 1. The van der Waals surface area contributed by atoms with E-state index < -0.39 is 0 Å². The number of carbonyl (C=O) groups excluding carboxylic acids is 1. The number of hydrogen-bond donors (Lipinski definition) is 0. The van der Waals surface area contributed by atoms with Gasteiger partial charge < -0.3 is 4.74 Å². The smallest absolute Gasteiger partial charge is 0.253 e. The minimum absolute atomic E-state index is 0.112. The molecule has 0 amide bonds. The lowest BCUT2D eigenvalue weighted by atomic mass is 9.82. The molecule has 3 aromatic rings. The molecule has 1 unspecified atom stereocenters. The first-order valence-corrected chi connectivity index (χ1v) is 10.6. The van der Waals surface area contributed by atoms with Gasteiger partial charge in [0.15, 0.2) is 5.78 Å². The largest absolute Gasteiger partial charge is 0.497 e. The Labute approximate surface area is 168 Å². The van der Waals surface area contributed by atoms with E-state index in [0.717, 1.165) is 40.8 Å². The standard InChI is InChI=1S/C21H24N4O2S/c1-13(2)8-9-28-21-23-20-22-18-10-15(14-4-6-16(27-3)7-5-14)11-19(26)17(18)12-25(20)24-21/h4-7,12-13,15H,8-11H2,1-3H3. The number of Topliss-reactive ketones (excluding diaryl/α,β-unsaturated/α-hetero) is 1. The van der Waals surface area contributed by atoms with Crippen LogP contribution in [0.4, 0.5) is 0 Å². The van der Waals surface area contributed by atoms with Crippen LogP contribution >= 0.6 is 11.8 Å². The van der Waals surface area contributed by atoms with Crippen LogP contribution in [0.25, 0.3) is 5.78 Å². The van der Waals surface area contributed by atoms with Crippen LogP contribution < -0.4 is 4.74 Å². The lowest BCUT2D eigenvalue weighted by Crippen LogP contribution is -2.21. The highest BCUT2D eigenvalue weighted by Gasteiger charge is 2.28. The number of aromatic nitrogens is 4. The van der Waals surface area contributed by atoms with Crippen molar-refractivity contribution in [2.75, 3.05) is 12.9 Å². The maximum atomic E-state index is 12.8. The molecule has 28 heavy (non-hydrogen) atoms. The summed E-state index contributed by atoms with van der Waals surface area (Å²) in [6.45, 7) is 4.41. The molecule has 7 heteroatoms. The molecular formula is C21H24N4O2S. The molecule has 146 valence electrons. The highest BCUT2D eigenvalue weighted by Crippen LogP contribution is 2.33. The van der Waals surface area contributed by atoms with Crippen LogP contribution in [0.3, 0.4) is 0 Å². The monoisotopic (exact) mass is 396 g/mol. The molecule has 1 aliphatic rings. The molecule has 1 aliphatic carbocycles. The number of ether oxygens (including phenoxy) is 1. The second kappa shape index (κ2) is 7.91. The fraction of sp³-hybridized carbons (Fsp3) is 0.429. The topological polar surface area (TPSA) is 69.4 Å². The van der Waals surface area contributed by atoms with E-state index in [1.165, 1.54) is 0 Å². The minimum atomic E-state index is 0.112. The van der Waals surface area contributed by atoms with Crippen LogP contribution in [-0.2, 0) is 6.42 Å². The third kappa shape index (κ3) is 3.90. The van der Waals surface area contributed by atoms with Gasteiger partial charge >= 0.3 is 0 Å². The van der Waals surface area contributed by atoms with E-state index in [2.05, 4.69) is 28.9 Å². The van der Waals surface area contributed by atoms with Gasteiger partial charge in [0.1, 0.15) is 5.75 Å². The summed E-state index contributed by atoms with van der Waals surface area (Å²) in [5.41, 5.74) is 2.62. The van der Waals surface area contributed by atoms with Gasteiger partial charge in [-0.05, 0) is 42.4 Å². The predicted octanol–water partition coefficient (Wildman–Crippen LogP) is 4.18. The summed E-state index contributed by atoms with van der Waals surface area (Å²) in [6, 6.07) is 7.93. The van der Waals surface area contributed by atoms with Crippen molar-refractivity contribution in [3.05, 3.63) is 47.3 Å². The number of ketones is 1. The van der Waals surface area contributed by atoms with E-state index in [1.54, 1.807) is 29.6 Å². The van der Waals surface area contributed by atoms with E-state index >= 15 is 0 Å². The van der Waals surface area contributed by atoms with Gasteiger partial charge in [-0.2, -0.15) is 4.98 Å². The number of hydrogen-bond acceptors (Lipinski definition) is 6. The van der Waals surface area contributed by atoms with Gasteiger partial charge in [-0.1, -0.05) is 37.7 Å². The van der Waals surface area contributed by atoms with Crippen LogP contribution in [0.5, 0.6) is 5.75 Å². The molecule has 0 saturated heterocycles. The molecule has 2 heterocycles. The average molecular weight is 397 g/mol. The zero-order valence-corrected chi connectivity index (χ0v) is 17.2. The molecule has 0 radical (unpaired) electrons. The third-order valence-electron chi connectivity index (χ3n) is 5.08. The summed E-state index contributed by atoms with van der Waals surface area (Å²) >= 11 is 1.64. The Kier molecular flexibility index (Phi) is 5.35. The van der Waals surface area contributed by atoms with Gasteiger partial charge in [0.25, 0.3) is 5.78 Å². The number of thioether (sulfide) groups is 1. The van der Waals surface area contributed by atoms with Crippen LogP contribution in [-0.4, -0.2) is 38.2 Å². The second-order valence-electron chi connectivity index (χ2n) is 7.57. The van der Waals surface area contributed by atoms with Crippen molar-refractivity contribution in [3.63, 3.8) is 0 Å². The molecule has 1 aromatic carbocycles. The maximum absolute atomic E-state index is 12.8. The SMILES string of the molecule is COc1ccc(C2CC(=O)c3cn4nc(SCCC(C)C)nc4nc3C2)cc1. The Morgan fingerprint density at radius 2 is 2.00 bits per heavy atom. The molecule has 2 aromatic heterocycles. The fourth-order valence-corrected chi connectivity index (χ4v) is 4.49. The normalized spacial score (nSPS) is 16.6. The third-order valence-corrected chi connectivity index (χ3v) is 5.95. The molecule has 1 atom stereocenters. The van der Waals surface area contributed by atoms with E-state index in [-0.39, 0.29) is 11.7 Å². The van der Waals surface area contributed by atoms with Crippen LogP contribution in [0.1, 0.15) is 54.2 Å². The zero-order chi connectivity index (χ0) is 19.7. The average Bonchev–Trinajstić information content (AvgIpc) is 3.08. The van der Waals surface area contributed by atoms with E-state index in [4.69, 9.17) is 4.74 Å². The first-order valence-electron chi connectivity index (χ1n) is 9.59. The molecular weight excluding hydrogens is 372 g/mol. The van der Waals surface area contributed by atoms with Crippen molar-refractivity contribution in [2.45, 2.75) is 44.2 Å². The Morgan fingerprint density at radius 3 is 2.71 bits per heavy atom. The second-order valence-corrected chi connectivity index (χ2v) is 8.63. The Morgan fingerprint density at radius 1 is 1.21 bits per heavy atom. The van der Waals surface area contributed by atoms with E-state index in [1.807, 2.05) is 24.3 Å². The summed E-state index contributed by atoms with van der Waals surface area (Å²) in [7, 11) is 1.65. The Hall–Kier alpha value is -2.41. The summed E-state index contributed by atoms with van der Waals surface area (Å²) < 4.78 is 6.87. The number of rotatable bonds is 6. The van der Waals surface area contributed by atoms with Gasteiger partial charge in [-0.25, -0.2) is 9.50 Å². The van der Waals surface area contributed by atoms with Gasteiger partial charge in [0.2, 0.25) is 5.16 Å². The quantitative estimate of drug-likeness (QED) is 0.582. The number of nitrogens with zero attached hydrogens (tertiary/aromatic N) is 4. The number of methoxy groups -OCH3 is 1. The number of fused-ring (bicyclic) bond motifs is 2. The minimum Gasteiger partial charge on any atom is -0.497 e. The predicted molar refractivity (Wildman–Crippen MR) is 109 cm³/mol. The first-order chi connectivity index (χ1) is 13.5. The van der Waals surface area contributed by atoms with Crippen LogP contribution in [0.15, 0.2) is 35.6 Å². The molecule has 0 aliphatic heterocycles. The molecule has 0 spiro atoms. The summed E-state index contributed by atoms with van der Waals surface area (Å²) in [4.78, 5) is 22.0. The molecule has 0 saturated carbocycles. The van der Waals surface area contributed by atoms with Crippen molar-refractivity contribution in [1.29, 1.82) is 0 Å². The van der Waals surface area contributed by atoms with E-state index in [0.29, 0.717) is 23.7 Å². The van der Waals surface area contributed by atoms with Crippen molar-refractivity contribution >= 4 is 23.3 Å². The molecule has 0 fully saturated rings. The molecule has 0 bridgehead atoms. The Bertz CT molecular complexity index is 998. The lowest BCUT2D eigenvalue weighted by Gasteiger charge is -2.23. The van der Waals surface area contributed by atoms with Gasteiger partial charge in [-0.15, -0.1) is 5.10 Å². The van der Waals surface area contributed by atoms with Crippen molar-refractivity contribution in [2.24, 2.45) is 5.92 Å². The highest BCUT2D eigenvalue weighted by molar-refractivity contribution is 7.99. The summed E-state index contributed by atoms with van der Waals surface area (Å²) in [6.07, 6.45) is 4.12. The number of benzene rings is 1. The molecule has 4 rings (SSSR count). The van der Waals surface area contributed by atoms with Crippen molar-refractivity contribution in [3.8, 4) is 5.75 Å². The molecule has 0 N–H and O–H groups in total.